The number of amides is 1. The van der Waals surface area contributed by atoms with Crippen molar-refractivity contribution in [1.82, 2.24) is 0 Å². The van der Waals surface area contributed by atoms with Crippen molar-refractivity contribution < 1.29 is 18.3 Å². The summed E-state index contributed by atoms with van der Waals surface area (Å²) in [6, 6.07) is 3.33. The highest BCUT2D eigenvalue weighted by Gasteiger charge is 2.17. The molecule has 106 valence electrons. The smallest absolute Gasteiger partial charge is 0.387 e. The Kier molecular flexibility index (Phi) is 5.50. The van der Waals surface area contributed by atoms with Gasteiger partial charge in [-0.25, -0.2) is 0 Å². The van der Waals surface area contributed by atoms with Crippen molar-refractivity contribution in [2.45, 2.75) is 26.5 Å². The van der Waals surface area contributed by atoms with Gasteiger partial charge in [0, 0.05) is 5.69 Å². The molecule has 0 radical (unpaired) electrons. The van der Waals surface area contributed by atoms with E-state index in [2.05, 4.69) is 10.1 Å². The molecule has 0 aliphatic carbocycles. The fraction of sp³-hybridized carbons (Fsp3) is 0.417. The normalized spacial score (nSPS) is 12.6. The highest BCUT2D eigenvalue weighted by molar-refractivity contribution is 6.32. The van der Waals surface area contributed by atoms with Crippen molar-refractivity contribution in [2.24, 2.45) is 11.7 Å². The molecule has 4 nitrogen and oxygen atoms in total. The van der Waals surface area contributed by atoms with E-state index in [1.165, 1.54) is 18.2 Å². The van der Waals surface area contributed by atoms with E-state index in [9.17, 15) is 13.6 Å². The Morgan fingerprint density at radius 1 is 1.42 bits per heavy atom. The molecule has 1 aromatic rings. The van der Waals surface area contributed by atoms with Gasteiger partial charge in [-0.3, -0.25) is 4.79 Å². The molecule has 0 heterocycles. The predicted molar refractivity (Wildman–Crippen MR) is 69.5 cm³/mol. The Hall–Kier alpha value is -1.40. The van der Waals surface area contributed by atoms with Crippen LogP contribution in [0, 0.1) is 5.92 Å². The first-order valence-electron chi connectivity index (χ1n) is 5.62. The van der Waals surface area contributed by atoms with Gasteiger partial charge in [0.2, 0.25) is 5.91 Å². The van der Waals surface area contributed by atoms with E-state index >= 15 is 0 Å². The first-order valence-corrected chi connectivity index (χ1v) is 6.00. The van der Waals surface area contributed by atoms with E-state index in [0.29, 0.717) is 5.69 Å². The summed E-state index contributed by atoms with van der Waals surface area (Å²) in [7, 11) is 0. The minimum absolute atomic E-state index is 0.0167. The predicted octanol–water partition coefficient (Wildman–Crippen LogP) is 2.86. The van der Waals surface area contributed by atoms with Crippen LogP contribution in [0.3, 0.4) is 0 Å². The maximum Gasteiger partial charge on any atom is 0.387 e. The van der Waals surface area contributed by atoms with E-state index < -0.39 is 12.7 Å². The van der Waals surface area contributed by atoms with Gasteiger partial charge in [0.15, 0.2) is 0 Å². The van der Waals surface area contributed by atoms with Crippen LogP contribution in [0.2, 0.25) is 5.02 Å². The molecule has 3 N–H and O–H groups in total. The second-order valence-corrected chi connectivity index (χ2v) is 4.69. The molecule has 0 aliphatic heterocycles. The van der Waals surface area contributed by atoms with E-state index in [-0.39, 0.29) is 22.6 Å². The lowest BCUT2D eigenvalue weighted by Crippen LogP contribution is -2.39. The van der Waals surface area contributed by atoms with Gasteiger partial charge in [0.1, 0.15) is 5.75 Å². The van der Waals surface area contributed by atoms with Crippen LogP contribution >= 0.6 is 11.6 Å². The summed E-state index contributed by atoms with van der Waals surface area (Å²) < 4.78 is 28.3. The molecule has 0 fully saturated rings. The summed E-state index contributed by atoms with van der Waals surface area (Å²) >= 11 is 5.76. The van der Waals surface area contributed by atoms with Crippen LogP contribution in [0.4, 0.5) is 14.5 Å². The fourth-order valence-corrected chi connectivity index (χ4v) is 1.52. The maximum atomic E-state index is 12.0. The number of nitrogens with one attached hydrogen (secondary N) is 1. The molecule has 0 aromatic heterocycles. The number of nitrogens with two attached hydrogens (primary N) is 1. The lowest BCUT2D eigenvalue weighted by atomic mass is 10.0. The summed E-state index contributed by atoms with van der Waals surface area (Å²) in [5.74, 6) is -0.534. The van der Waals surface area contributed by atoms with E-state index in [1.54, 1.807) is 0 Å². The van der Waals surface area contributed by atoms with Crippen molar-refractivity contribution in [3.05, 3.63) is 23.2 Å². The van der Waals surface area contributed by atoms with E-state index in [1.807, 2.05) is 13.8 Å². The second-order valence-electron chi connectivity index (χ2n) is 4.28. The van der Waals surface area contributed by atoms with Gasteiger partial charge in [0.25, 0.3) is 0 Å². The SMILES string of the molecule is CC(C)[C@@H](N)C(=O)Nc1ccc(OC(F)F)c(Cl)c1. The number of hydrogen-bond acceptors (Lipinski definition) is 3. The molecule has 7 heteroatoms. The Labute approximate surface area is 114 Å². The van der Waals surface area contributed by atoms with Gasteiger partial charge in [-0.1, -0.05) is 25.4 Å². The summed E-state index contributed by atoms with van der Waals surface area (Å²) in [4.78, 5) is 11.7. The number of halogens is 3. The zero-order chi connectivity index (χ0) is 14.6. The minimum Gasteiger partial charge on any atom is -0.433 e. The number of anilines is 1. The Morgan fingerprint density at radius 3 is 2.53 bits per heavy atom. The molecule has 0 bridgehead atoms. The highest BCUT2D eigenvalue weighted by atomic mass is 35.5. The summed E-state index contributed by atoms with van der Waals surface area (Å²) in [6.45, 7) is 0.681. The number of alkyl halides is 2. The minimum atomic E-state index is -2.95. The molecule has 0 spiro atoms. The lowest BCUT2D eigenvalue weighted by molar-refractivity contribution is -0.118. The molecule has 0 saturated carbocycles. The molecule has 0 saturated heterocycles. The molecular weight excluding hydrogens is 278 g/mol. The van der Waals surface area contributed by atoms with Crippen LogP contribution in [0.5, 0.6) is 5.75 Å². The first-order chi connectivity index (χ1) is 8.81. The first kappa shape index (κ1) is 15.7. The third-order valence-corrected chi connectivity index (χ3v) is 2.73. The molecular formula is C12H15ClF2N2O2. The summed E-state index contributed by atoms with van der Waals surface area (Å²) in [5, 5.41) is 2.54. The lowest BCUT2D eigenvalue weighted by Gasteiger charge is -2.16. The molecule has 1 amide bonds. The summed E-state index contributed by atoms with van der Waals surface area (Å²) in [5.41, 5.74) is 6.04. The molecule has 19 heavy (non-hydrogen) atoms. The van der Waals surface area contributed by atoms with Crippen LogP contribution in [-0.4, -0.2) is 18.6 Å². The second kappa shape index (κ2) is 6.68. The zero-order valence-electron chi connectivity index (χ0n) is 10.5. The van der Waals surface area contributed by atoms with Crippen LogP contribution in [-0.2, 0) is 4.79 Å². The highest BCUT2D eigenvalue weighted by Crippen LogP contribution is 2.29. The molecule has 0 aliphatic rings. The number of ether oxygens (including phenoxy) is 1. The molecule has 1 rings (SSSR count). The number of carbonyl (C=O) groups excluding carboxylic acids is 1. The van der Waals surface area contributed by atoms with Gasteiger partial charge >= 0.3 is 6.61 Å². The number of benzene rings is 1. The Morgan fingerprint density at radius 2 is 2.05 bits per heavy atom. The Balaban J connectivity index is 2.76. The van der Waals surface area contributed by atoms with Crippen molar-refractivity contribution in [3.8, 4) is 5.75 Å². The summed E-state index contributed by atoms with van der Waals surface area (Å²) in [6.07, 6.45) is 0. The third-order valence-electron chi connectivity index (χ3n) is 2.44. The average molecular weight is 293 g/mol. The standard InChI is InChI=1S/C12H15ClF2N2O2/c1-6(2)10(16)11(18)17-7-3-4-9(8(13)5-7)19-12(14)15/h3-6,10,12H,16H2,1-2H3,(H,17,18)/t10-/m1/s1. The average Bonchev–Trinajstić information content (AvgIpc) is 2.31. The number of rotatable bonds is 5. The molecule has 0 unspecified atom stereocenters. The van der Waals surface area contributed by atoms with Crippen LogP contribution in [0.15, 0.2) is 18.2 Å². The van der Waals surface area contributed by atoms with E-state index in [0.717, 1.165) is 0 Å². The van der Waals surface area contributed by atoms with Crippen molar-refractivity contribution in [2.75, 3.05) is 5.32 Å². The number of carbonyl (C=O) groups is 1. The maximum absolute atomic E-state index is 12.0. The van der Waals surface area contributed by atoms with Gasteiger partial charge in [-0.05, 0) is 24.1 Å². The van der Waals surface area contributed by atoms with Gasteiger partial charge < -0.3 is 15.8 Å². The zero-order valence-corrected chi connectivity index (χ0v) is 11.2. The van der Waals surface area contributed by atoms with Crippen LogP contribution < -0.4 is 15.8 Å². The van der Waals surface area contributed by atoms with Crippen LogP contribution in [0.25, 0.3) is 0 Å². The van der Waals surface area contributed by atoms with E-state index in [4.69, 9.17) is 17.3 Å². The van der Waals surface area contributed by atoms with Gasteiger partial charge in [-0.2, -0.15) is 8.78 Å². The van der Waals surface area contributed by atoms with Crippen molar-refractivity contribution >= 4 is 23.2 Å². The van der Waals surface area contributed by atoms with Gasteiger partial charge in [-0.15, -0.1) is 0 Å². The van der Waals surface area contributed by atoms with Crippen molar-refractivity contribution in [3.63, 3.8) is 0 Å². The fourth-order valence-electron chi connectivity index (χ4n) is 1.30. The van der Waals surface area contributed by atoms with Crippen LogP contribution in [0.1, 0.15) is 13.8 Å². The van der Waals surface area contributed by atoms with Crippen molar-refractivity contribution in [1.29, 1.82) is 0 Å². The monoisotopic (exact) mass is 292 g/mol. The molecule has 1 atom stereocenters. The largest absolute Gasteiger partial charge is 0.433 e. The topological polar surface area (TPSA) is 64.4 Å². The molecule has 1 aromatic carbocycles. The van der Waals surface area contributed by atoms with Gasteiger partial charge in [0.05, 0.1) is 11.1 Å². The Bertz CT molecular complexity index is 455. The number of hydrogen-bond donors (Lipinski definition) is 2. The third kappa shape index (κ3) is 4.65. The quantitative estimate of drug-likeness (QED) is 0.877.